The molecular formula is C58H76FN13O7S. The number of piperazine rings is 2. The number of halogens is 1. The van der Waals surface area contributed by atoms with Crippen molar-refractivity contribution in [3.8, 4) is 11.5 Å². The molecule has 3 saturated heterocycles. The zero-order valence-corrected chi connectivity index (χ0v) is 48.2. The molecule has 428 valence electrons. The van der Waals surface area contributed by atoms with Crippen LogP contribution in [-0.2, 0) is 31.2 Å². The van der Waals surface area contributed by atoms with Gasteiger partial charge in [0.25, 0.3) is 5.56 Å². The number of hydrogen-bond donors (Lipinski definition) is 3. The number of anilines is 2. The third-order valence-corrected chi connectivity index (χ3v) is 18.6. The smallest absolute Gasteiger partial charge is 0.251 e. The number of aliphatic imine (C=N–C) groups is 1. The summed E-state index contributed by atoms with van der Waals surface area (Å²) in [5.74, 6) is 1.56. The predicted octanol–water partition coefficient (Wildman–Crippen LogP) is 5.04. The number of sulfone groups is 1. The molecule has 0 unspecified atom stereocenters. The van der Waals surface area contributed by atoms with E-state index in [9.17, 15) is 22.4 Å². The van der Waals surface area contributed by atoms with Crippen LogP contribution in [0.2, 0.25) is 0 Å². The Hall–Kier alpha value is -6.43. The molecule has 0 radical (unpaired) electrons. The number of carbonyl (C=O) groups is 1. The molecule has 3 fully saturated rings. The number of nitrogens with one attached hydrogen (secondary N) is 3. The Balaban J connectivity index is 0.683. The van der Waals surface area contributed by atoms with Crippen molar-refractivity contribution in [3.05, 3.63) is 105 Å². The number of hydrogen-bond acceptors (Lipinski definition) is 18. The summed E-state index contributed by atoms with van der Waals surface area (Å²) in [5, 5.41) is 7.49. The number of morpholine rings is 1. The number of fused-ring (bicyclic) bond motifs is 2. The molecule has 0 saturated carbocycles. The average molecular weight is 1120 g/mol. The maximum absolute atomic E-state index is 14.3. The van der Waals surface area contributed by atoms with Gasteiger partial charge < -0.3 is 39.6 Å². The number of carbonyl (C=O) groups excluding carboxylic acids is 1. The molecule has 0 bridgehead atoms. The standard InChI is InChI=1S/C58H76FN13O7S/c1-37-30-71(33-52(73)72-35-58(7,8)53-49(72)23-41(55(74)67-53)22-40-10-12-42(59)13-11-40)43(26-60-37)31-69-19-21-77-45(32-69)34-79-44-27-62-56(63-28-44)70-17-15-68(16-18-70)14-9-20-78-50-25-47-46(24-51(50)80(75,76)57(4,5)6)54(65-36-64-47)66-48-29-61-39(3)38(48)2/h10-13,23-25,27-28,36-37,43,45,60-61H,9,14-22,26,29-35H2,1-8H3,(H,67,74)/t37-,43-,45-/m1/s1. The van der Waals surface area contributed by atoms with Gasteiger partial charge in [-0.2, -0.15) is 0 Å². The largest absolute Gasteiger partial charge is 0.492 e. The van der Waals surface area contributed by atoms with E-state index in [-0.39, 0.29) is 52.7 Å². The average Bonchev–Trinajstić information content (AvgIpc) is 4.08. The SMILES string of the molecule is CC1=C(C)C(=Nc2ncnc3cc(OCCCN4CCN(c5ncc(OC[C@H]6CN(C[C@H]7CN[C@H](C)CN7CC(=O)N7CC(C)(C)c8[nH]c(=O)c(Cc9ccc(F)cc9)cc87)CCO6)cn5)CC4)c(S(=O)(=O)C(C)(C)C)cc23)CN1. The minimum absolute atomic E-state index is 0.0115. The van der Waals surface area contributed by atoms with E-state index >= 15 is 0 Å². The lowest BCUT2D eigenvalue weighted by molar-refractivity contribution is -0.121. The van der Waals surface area contributed by atoms with E-state index in [0.29, 0.717) is 86.3 Å². The van der Waals surface area contributed by atoms with Crippen LogP contribution in [0.3, 0.4) is 0 Å². The number of aromatic nitrogens is 5. The van der Waals surface area contributed by atoms with E-state index in [1.165, 1.54) is 18.5 Å². The van der Waals surface area contributed by atoms with Gasteiger partial charge in [-0.1, -0.05) is 26.0 Å². The number of H-pyrrole nitrogens is 1. The highest BCUT2D eigenvalue weighted by Crippen LogP contribution is 2.40. The normalized spacial score (nSPS) is 21.8. The van der Waals surface area contributed by atoms with Gasteiger partial charge in [-0.15, -0.1) is 0 Å². The van der Waals surface area contributed by atoms with E-state index in [1.54, 1.807) is 57.4 Å². The first-order valence-electron chi connectivity index (χ1n) is 27.9. The van der Waals surface area contributed by atoms with Crippen LogP contribution < -0.4 is 35.5 Å². The quantitative estimate of drug-likeness (QED) is 0.104. The maximum atomic E-state index is 14.3. The molecule has 0 aliphatic carbocycles. The maximum Gasteiger partial charge on any atom is 0.251 e. The Morgan fingerprint density at radius 2 is 1.73 bits per heavy atom. The van der Waals surface area contributed by atoms with Crippen molar-refractivity contribution >= 4 is 49.8 Å². The molecule has 1 amide bonds. The molecule has 5 aromatic rings. The number of amides is 1. The summed E-state index contributed by atoms with van der Waals surface area (Å²) in [6.07, 6.45) is 5.74. The van der Waals surface area contributed by atoms with E-state index < -0.39 is 20.0 Å². The molecule has 3 aromatic heterocycles. The number of aromatic amines is 1. The molecule has 0 spiro atoms. The molecule has 80 heavy (non-hydrogen) atoms. The van der Waals surface area contributed by atoms with E-state index in [1.807, 2.05) is 38.7 Å². The highest BCUT2D eigenvalue weighted by molar-refractivity contribution is 7.92. The van der Waals surface area contributed by atoms with Gasteiger partial charge in [0, 0.05) is 124 Å². The number of nitrogens with zero attached hydrogens (tertiary/aromatic N) is 10. The van der Waals surface area contributed by atoms with Crippen LogP contribution in [0, 0.1) is 5.82 Å². The first kappa shape index (κ1) is 56.8. The lowest BCUT2D eigenvalue weighted by Gasteiger charge is -2.43. The second-order valence-corrected chi connectivity index (χ2v) is 26.2. The highest BCUT2D eigenvalue weighted by atomic mass is 32.2. The summed E-state index contributed by atoms with van der Waals surface area (Å²) in [4.78, 5) is 64.9. The van der Waals surface area contributed by atoms with Crippen LogP contribution in [0.5, 0.6) is 11.5 Å². The summed E-state index contributed by atoms with van der Waals surface area (Å²) < 4.78 is 59.2. The number of pyridine rings is 1. The van der Waals surface area contributed by atoms with Crippen LogP contribution in [0.1, 0.15) is 78.6 Å². The summed E-state index contributed by atoms with van der Waals surface area (Å²) in [7, 11) is -3.81. The third kappa shape index (κ3) is 12.7. The van der Waals surface area contributed by atoms with Crippen molar-refractivity contribution < 1.29 is 31.8 Å². The summed E-state index contributed by atoms with van der Waals surface area (Å²) >= 11 is 0. The summed E-state index contributed by atoms with van der Waals surface area (Å²) in [6.45, 7) is 25.3. The first-order valence-corrected chi connectivity index (χ1v) is 29.4. The van der Waals surface area contributed by atoms with Gasteiger partial charge in [-0.05, 0) is 83.4 Å². The van der Waals surface area contributed by atoms with Gasteiger partial charge in [0.2, 0.25) is 11.9 Å². The van der Waals surface area contributed by atoms with Crippen LogP contribution in [0.25, 0.3) is 10.9 Å². The van der Waals surface area contributed by atoms with E-state index in [2.05, 4.69) is 62.1 Å². The number of allylic oxidation sites excluding steroid dienone is 1. The lowest BCUT2D eigenvalue weighted by Crippen LogP contribution is -2.61. The van der Waals surface area contributed by atoms with Gasteiger partial charge in [0.15, 0.2) is 21.4 Å². The zero-order valence-electron chi connectivity index (χ0n) is 47.3. The van der Waals surface area contributed by atoms with Crippen molar-refractivity contribution in [3.63, 3.8) is 0 Å². The Morgan fingerprint density at radius 1 is 0.963 bits per heavy atom. The molecule has 10 rings (SSSR count). The minimum atomic E-state index is -3.81. The van der Waals surface area contributed by atoms with Crippen molar-refractivity contribution in [2.24, 2.45) is 4.99 Å². The molecular weight excluding hydrogens is 1040 g/mol. The molecule has 5 aliphatic heterocycles. The van der Waals surface area contributed by atoms with E-state index in [4.69, 9.17) is 19.2 Å². The van der Waals surface area contributed by atoms with Crippen molar-refractivity contribution in [2.75, 3.05) is 115 Å². The Labute approximate surface area is 468 Å². The Kier molecular flexibility index (Phi) is 16.7. The monoisotopic (exact) mass is 1120 g/mol. The fourth-order valence-electron chi connectivity index (χ4n) is 11.2. The van der Waals surface area contributed by atoms with E-state index in [0.717, 1.165) is 92.8 Å². The first-order chi connectivity index (χ1) is 38.2. The van der Waals surface area contributed by atoms with Gasteiger partial charge >= 0.3 is 0 Å². The van der Waals surface area contributed by atoms with Crippen molar-refractivity contribution in [2.45, 2.75) is 101 Å². The fraction of sp³-hybridized carbons (Fsp3) is 0.534. The molecule has 3 atom stereocenters. The third-order valence-electron chi connectivity index (χ3n) is 16.1. The van der Waals surface area contributed by atoms with Gasteiger partial charge in [0.1, 0.15) is 35.5 Å². The molecule has 8 heterocycles. The van der Waals surface area contributed by atoms with Gasteiger partial charge in [-0.25, -0.2) is 37.7 Å². The van der Waals surface area contributed by atoms with Crippen molar-refractivity contribution in [1.29, 1.82) is 0 Å². The highest BCUT2D eigenvalue weighted by Gasteiger charge is 2.41. The zero-order chi connectivity index (χ0) is 56.5. The lowest BCUT2D eigenvalue weighted by atomic mass is 9.91. The Morgan fingerprint density at radius 3 is 2.45 bits per heavy atom. The summed E-state index contributed by atoms with van der Waals surface area (Å²) in [5.41, 5.74) is 5.71. The van der Waals surface area contributed by atoms with Gasteiger partial charge in [0.05, 0.1) is 60.4 Å². The van der Waals surface area contributed by atoms with Gasteiger partial charge in [-0.3, -0.25) is 24.3 Å². The molecule has 20 nitrogen and oxygen atoms in total. The molecule has 22 heteroatoms. The topological polar surface area (TPSA) is 216 Å². The number of rotatable bonds is 17. The minimum Gasteiger partial charge on any atom is -0.492 e. The molecule has 3 N–H and O–H groups in total. The molecule has 5 aliphatic rings. The summed E-state index contributed by atoms with van der Waals surface area (Å²) in [6, 6.07) is 11.6. The fourth-order valence-corrected chi connectivity index (χ4v) is 12.5. The predicted molar refractivity (Wildman–Crippen MR) is 307 cm³/mol. The second-order valence-electron chi connectivity index (χ2n) is 23.5. The van der Waals surface area contributed by atoms with Crippen LogP contribution >= 0.6 is 0 Å². The molecule has 2 aromatic carbocycles. The second kappa shape index (κ2) is 23.6. The number of ether oxygens (including phenoxy) is 3. The Bertz CT molecular complexity index is 3310. The van der Waals surface area contributed by atoms with Crippen LogP contribution in [0.4, 0.5) is 21.8 Å². The van der Waals surface area contributed by atoms with Crippen LogP contribution in [-0.4, -0.2) is 187 Å². The number of benzene rings is 2. The van der Waals surface area contributed by atoms with Crippen LogP contribution in [0.15, 0.2) is 87.1 Å². The van der Waals surface area contributed by atoms with Crippen molar-refractivity contribution in [1.82, 2.24) is 50.3 Å².